The molecule has 0 aliphatic carbocycles. The van der Waals surface area contributed by atoms with Gasteiger partial charge >= 0.3 is 0 Å². The third-order valence-electron chi connectivity index (χ3n) is 2.55. The molecule has 0 bridgehead atoms. The Kier molecular flexibility index (Phi) is 4.68. The van der Waals surface area contributed by atoms with Gasteiger partial charge in [-0.3, -0.25) is 0 Å². The van der Waals surface area contributed by atoms with Gasteiger partial charge in [-0.15, -0.1) is 0 Å². The van der Waals surface area contributed by atoms with E-state index in [9.17, 15) is 0 Å². The van der Waals surface area contributed by atoms with Gasteiger partial charge in [0.2, 0.25) is 0 Å². The SMILES string of the molecule is CCCCC(N)Cc1ccc(C)cc1. The Morgan fingerprint density at radius 2 is 1.86 bits per heavy atom. The number of nitrogens with two attached hydrogens (primary N) is 1. The molecule has 1 nitrogen and oxygen atoms in total. The highest BCUT2D eigenvalue weighted by atomic mass is 14.6. The summed E-state index contributed by atoms with van der Waals surface area (Å²) in [4.78, 5) is 0. The third kappa shape index (κ3) is 3.93. The molecule has 1 heteroatoms. The summed E-state index contributed by atoms with van der Waals surface area (Å²) in [5, 5.41) is 0. The van der Waals surface area contributed by atoms with Gasteiger partial charge in [-0.25, -0.2) is 0 Å². The topological polar surface area (TPSA) is 26.0 Å². The summed E-state index contributed by atoms with van der Waals surface area (Å²) in [6.45, 7) is 4.32. The summed E-state index contributed by atoms with van der Waals surface area (Å²) in [5.74, 6) is 0. The number of hydrogen-bond donors (Lipinski definition) is 1. The van der Waals surface area contributed by atoms with Crippen molar-refractivity contribution in [2.24, 2.45) is 5.73 Å². The zero-order valence-corrected chi connectivity index (χ0v) is 9.29. The van der Waals surface area contributed by atoms with Gasteiger partial charge in [-0.05, 0) is 25.3 Å². The Hall–Kier alpha value is -0.820. The van der Waals surface area contributed by atoms with E-state index in [2.05, 4.69) is 38.1 Å². The Labute approximate surface area is 87.3 Å². The molecule has 2 N–H and O–H groups in total. The molecule has 0 spiro atoms. The van der Waals surface area contributed by atoms with Crippen molar-refractivity contribution in [1.29, 1.82) is 0 Å². The summed E-state index contributed by atoms with van der Waals surface area (Å²) >= 11 is 0. The highest BCUT2D eigenvalue weighted by molar-refractivity contribution is 5.21. The Morgan fingerprint density at radius 1 is 1.21 bits per heavy atom. The fraction of sp³-hybridized carbons (Fsp3) is 0.538. The first kappa shape index (κ1) is 11.3. The predicted octanol–water partition coefficient (Wildman–Crippen LogP) is 3.06. The minimum atomic E-state index is 0.331. The Bertz CT molecular complexity index is 250. The van der Waals surface area contributed by atoms with Crippen LogP contribution in [0.5, 0.6) is 0 Å². The second kappa shape index (κ2) is 5.82. The molecule has 0 aliphatic heterocycles. The fourth-order valence-electron chi connectivity index (χ4n) is 1.60. The first-order valence-corrected chi connectivity index (χ1v) is 5.53. The molecule has 1 rings (SSSR count). The van der Waals surface area contributed by atoms with Crippen molar-refractivity contribution in [2.75, 3.05) is 0 Å². The summed E-state index contributed by atoms with van der Waals surface area (Å²) in [6.07, 6.45) is 4.64. The van der Waals surface area contributed by atoms with Gasteiger partial charge in [0.25, 0.3) is 0 Å². The van der Waals surface area contributed by atoms with Crippen LogP contribution in [0.3, 0.4) is 0 Å². The van der Waals surface area contributed by atoms with E-state index in [4.69, 9.17) is 5.73 Å². The van der Waals surface area contributed by atoms with Crippen molar-refractivity contribution in [1.82, 2.24) is 0 Å². The highest BCUT2D eigenvalue weighted by Gasteiger charge is 2.02. The number of unbranched alkanes of at least 4 members (excludes halogenated alkanes) is 1. The molecule has 0 radical (unpaired) electrons. The summed E-state index contributed by atoms with van der Waals surface area (Å²) < 4.78 is 0. The lowest BCUT2D eigenvalue weighted by Gasteiger charge is -2.10. The molecule has 0 saturated carbocycles. The molecular weight excluding hydrogens is 170 g/mol. The molecular formula is C13H21N. The molecule has 0 saturated heterocycles. The smallest absolute Gasteiger partial charge is 0.00793 e. The van der Waals surface area contributed by atoms with Gasteiger partial charge in [-0.2, -0.15) is 0 Å². The van der Waals surface area contributed by atoms with Crippen LogP contribution in [0, 0.1) is 6.92 Å². The number of aryl methyl sites for hydroxylation is 1. The summed E-state index contributed by atoms with van der Waals surface area (Å²) in [5.41, 5.74) is 8.71. The van der Waals surface area contributed by atoms with E-state index < -0.39 is 0 Å². The average molecular weight is 191 g/mol. The van der Waals surface area contributed by atoms with Crippen LogP contribution in [0.15, 0.2) is 24.3 Å². The van der Waals surface area contributed by atoms with Crippen molar-refractivity contribution in [3.63, 3.8) is 0 Å². The van der Waals surface area contributed by atoms with Gasteiger partial charge in [0.15, 0.2) is 0 Å². The molecule has 14 heavy (non-hydrogen) atoms. The molecule has 1 aromatic carbocycles. The largest absolute Gasteiger partial charge is 0.327 e. The highest BCUT2D eigenvalue weighted by Crippen LogP contribution is 2.08. The molecule has 1 aromatic rings. The molecule has 1 unspecified atom stereocenters. The second-order valence-corrected chi connectivity index (χ2v) is 4.09. The van der Waals surface area contributed by atoms with Crippen molar-refractivity contribution >= 4 is 0 Å². The van der Waals surface area contributed by atoms with E-state index in [-0.39, 0.29) is 0 Å². The lowest BCUT2D eigenvalue weighted by Crippen LogP contribution is -2.22. The van der Waals surface area contributed by atoms with Crippen molar-refractivity contribution < 1.29 is 0 Å². The maximum atomic E-state index is 6.03. The van der Waals surface area contributed by atoms with Crippen molar-refractivity contribution in [3.05, 3.63) is 35.4 Å². The van der Waals surface area contributed by atoms with Crippen molar-refractivity contribution in [3.8, 4) is 0 Å². The minimum Gasteiger partial charge on any atom is -0.327 e. The zero-order chi connectivity index (χ0) is 10.4. The van der Waals surface area contributed by atoms with Gasteiger partial charge in [0.05, 0.1) is 0 Å². The first-order valence-electron chi connectivity index (χ1n) is 5.53. The van der Waals surface area contributed by atoms with Crippen LogP contribution in [0.1, 0.15) is 37.3 Å². The first-order chi connectivity index (χ1) is 6.72. The van der Waals surface area contributed by atoms with Crippen LogP contribution in [-0.2, 0) is 6.42 Å². The molecule has 1 atom stereocenters. The van der Waals surface area contributed by atoms with E-state index in [1.165, 1.54) is 24.0 Å². The van der Waals surface area contributed by atoms with E-state index >= 15 is 0 Å². The van der Waals surface area contributed by atoms with Crippen LogP contribution < -0.4 is 5.73 Å². The number of hydrogen-bond acceptors (Lipinski definition) is 1. The van der Waals surface area contributed by atoms with Crippen LogP contribution in [-0.4, -0.2) is 6.04 Å². The maximum absolute atomic E-state index is 6.03. The number of benzene rings is 1. The Balaban J connectivity index is 2.39. The van der Waals surface area contributed by atoms with Gasteiger partial charge < -0.3 is 5.73 Å². The second-order valence-electron chi connectivity index (χ2n) is 4.09. The van der Waals surface area contributed by atoms with Crippen LogP contribution >= 0.6 is 0 Å². The van der Waals surface area contributed by atoms with E-state index in [1.54, 1.807) is 0 Å². The molecule has 0 fully saturated rings. The van der Waals surface area contributed by atoms with E-state index in [0.29, 0.717) is 6.04 Å². The zero-order valence-electron chi connectivity index (χ0n) is 9.29. The van der Waals surface area contributed by atoms with Crippen LogP contribution in [0.4, 0.5) is 0 Å². The van der Waals surface area contributed by atoms with E-state index in [1.807, 2.05) is 0 Å². The molecule has 0 amide bonds. The molecule has 0 aromatic heterocycles. The fourth-order valence-corrected chi connectivity index (χ4v) is 1.60. The average Bonchev–Trinajstić information content (AvgIpc) is 2.18. The monoisotopic (exact) mass is 191 g/mol. The molecule has 78 valence electrons. The van der Waals surface area contributed by atoms with Crippen molar-refractivity contribution in [2.45, 2.75) is 45.6 Å². The van der Waals surface area contributed by atoms with Gasteiger partial charge in [-0.1, -0.05) is 49.6 Å². The van der Waals surface area contributed by atoms with Gasteiger partial charge in [0.1, 0.15) is 0 Å². The van der Waals surface area contributed by atoms with Crippen LogP contribution in [0.25, 0.3) is 0 Å². The van der Waals surface area contributed by atoms with Crippen LogP contribution in [0.2, 0.25) is 0 Å². The summed E-state index contributed by atoms with van der Waals surface area (Å²) in [7, 11) is 0. The minimum absolute atomic E-state index is 0.331. The lowest BCUT2D eigenvalue weighted by molar-refractivity contribution is 0.574. The predicted molar refractivity (Wildman–Crippen MR) is 62.4 cm³/mol. The molecule has 0 heterocycles. The maximum Gasteiger partial charge on any atom is 0.00793 e. The third-order valence-corrected chi connectivity index (χ3v) is 2.55. The van der Waals surface area contributed by atoms with E-state index in [0.717, 1.165) is 12.8 Å². The standard InChI is InChI=1S/C13H21N/c1-3-4-5-13(14)10-12-8-6-11(2)7-9-12/h6-9,13H,3-5,10,14H2,1-2H3. The quantitative estimate of drug-likeness (QED) is 0.760. The van der Waals surface area contributed by atoms with Gasteiger partial charge in [0, 0.05) is 6.04 Å². The lowest BCUT2D eigenvalue weighted by atomic mass is 10.0. The molecule has 0 aliphatic rings. The number of rotatable bonds is 5. The Morgan fingerprint density at radius 3 is 2.43 bits per heavy atom. The normalized spacial score (nSPS) is 12.8. The summed E-state index contributed by atoms with van der Waals surface area (Å²) in [6, 6.07) is 9.00.